The number of hydrogen-bond acceptors (Lipinski definition) is 5. The number of phenols is 1. The number of rotatable bonds is 6. The van der Waals surface area contributed by atoms with Gasteiger partial charge in [-0.3, -0.25) is 0 Å². The molecule has 1 aromatic heterocycles. The van der Waals surface area contributed by atoms with Crippen LogP contribution in [0, 0.1) is 5.92 Å². The first kappa shape index (κ1) is 14.5. The summed E-state index contributed by atoms with van der Waals surface area (Å²) in [5.41, 5.74) is 7.10. The summed E-state index contributed by atoms with van der Waals surface area (Å²) < 4.78 is 5.22. The van der Waals surface area contributed by atoms with Gasteiger partial charge in [0, 0.05) is 6.42 Å². The first-order valence-corrected chi connectivity index (χ1v) is 6.90. The van der Waals surface area contributed by atoms with Crippen LogP contribution in [0.25, 0.3) is 0 Å². The van der Waals surface area contributed by atoms with Gasteiger partial charge < -0.3 is 15.4 Å². The van der Waals surface area contributed by atoms with Crippen LogP contribution in [0.2, 0.25) is 0 Å². The number of nitrogens with two attached hydrogens (primary N) is 1. The first-order chi connectivity index (χ1) is 9.54. The normalized spacial score (nSPS) is 12.8. The Kier molecular flexibility index (Phi) is 4.74. The molecule has 0 amide bonds. The number of benzene rings is 1. The maximum atomic E-state index is 9.24. The van der Waals surface area contributed by atoms with E-state index in [2.05, 4.69) is 24.0 Å². The van der Waals surface area contributed by atoms with Gasteiger partial charge in [-0.1, -0.05) is 31.1 Å². The summed E-state index contributed by atoms with van der Waals surface area (Å²) >= 11 is 0. The van der Waals surface area contributed by atoms with Crippen LogP contribution in [0.15, 0.2) is 28.8 Å². The fourth-order valence-electron chi connectivity index (χ4n) is 1.91. The van der Waals surface area contributed by atoms with Crippen molar-refractivity contribution < 1.29 is 9.63 Å². The third-order valence-corrected chi connectivity index (χ3v) is 3.14. The van der Waals surface area contributed by atoms with E-state index in [9.17, 15) is 5.11 Å². The highest BCUT2D eigenvalue weighted by atomic mass is 16.5. The minimum Gasteiger partial charge on any atom is -0.508 e. The first-order valence-electron chi connectivity index (χ1n) is 6.90. The van der Waals surface area contributed by atoms with E-state index in [-0.39, 0.29) is 11.8 Å². The molecule has 3 N–H and O–H groups in total. The maximum Gasteiger partial charge on any atom is 0.243 e. The molecule has 2 rings (SSSR count). The van der Waals surface area contributed by atoms with Gasteiger partial charge in [-0.15, -0.1) is 0 Å². The summed E-state index contributed by atoms with van der Waals surface area (Å²) in [4.78, 5) is 4.34. The predicted octanol–water partition coefficient (Wildman–Crippen LogP) is 2.61. The van der Waals surface area contributed by atoms with Gasteiger partial charge in [0.15, 0.2) is 5.82 Å². The molecule has 0 fully saturated rings. The number of phenolic OH excluding ortho intramolecular Hbond substituents is 1. The lowest BCUT2D eigenvalue weighted by molar-refractivity contribution is 0.349. The molecule has 5 heteroatoms. The largest absolute Gasteiger partial charge is 0.508 e. The summed E-state index contributed by atoms with van der Waals surface area (Å²) in [7, 11) is 0. The third-order valence-electron chi connectivity index (χ3n) is 3.14. The summed E-state index contributed by atoms with van der Waals surface area (Å²) in [5, 5.41) is 13.2. The third kappa shape index (κ3) is 4.06. The molecule has 0 saturated heterocycles. The van der Waals surface area contributed by atoms with Crippen molar-refractivity contribution in [3.05, 3.63) is 41.5 Å². The van der Waals surface area contributed by atoms with Gasteiger partial charge >= 0.3 is 0 Å². The van der Waals surface area contributed by atoms with Crippen LogP contribution in [0.5, 0.6) is 5.75 Å². The Morgan fingerprint density at radius 2 is 1.95 bits per heavy atom. The molecule has 1 heterocycles. The molecule has 0 unspecified atom stereocenters. The van der Waals surface area contributed by atoms with Crippen molar-refractivity contribution in [3.8, 4) is 5.75 Å². The minimum absolute atomic E-state index is 0.246. The Morgan fingerprint density at radius 1 is 1.25 bits per heavy atom. The van der Waals surface area contributed by atoms with E-state index in [4.69, 9.17) is 10.3 Å². The van der Waals surface area contributed by atoms with Crippen LogP contribution in [0.1, 0.15) is 43.6 Å². The molecule has 5 nitrogen and oxygen atoms in total. The monoisotopic (exact) mass is 275 g/mol. The predicted molar refractivity (Wildman–Crippen MR) is 76.2 cm³/mol. The van der Waals surface area contributed by atoms with Gasteiger partial charge in [0.2, 0.25) is 5.89 Å². The van der Waals surface area contributed by atoms with Crippen molar-refractivity contribution in [2.45, 2.75) is 39.2 Å². The van der Waals surface area contributed by atoms with Crippen LogP contribution < -0.4 is 5.73 Å². The van der Waals surface area contributed by atoms with Gasteiger partial charge in [0.05, 0.1) is 6.04 Å². The van der Waals surface area contributed by atoms with Gasteiger partial charge in [-0.25, -0.2) is 0 Å². The van der Waals surface area contributed by atoms with Crippen molar-refractivity contribution >= 4 is 0 Å². The second-order valence-electron chi connectivity index (χ2n) is 5.46. The zero-order valence-electron chi connectivity index (χ0n) is 11.9. The lowest BCUT2D eigenvalue weighted by Gasteiger charge is -2.06. The molecule has 0 aliphatic rings. The number of nitrogens with zero attached hydrogens (tertiary/aromatic N) is 2. The number of aromatic nitrogens is 2. The van der Waals surface area contributed by atoms with Gasteiger partial charge in [-0.05, 0) is 36.5 Å². The summed E-state index contributed by atoms with van der Waals surface area (Å²) in [5.74, 6) is 2.05. The fraction of sp³-hybridized carbons (Fsp3) is 0.467. The molecule has 2 aromatic rings. The fourth-order valence-corrected chi connectivity index (χ4v) is 1.91. The molecule has 1 atom stereocenters. The smallest absolute Gasteiger partial charge is 0.243 e. The molecule has 0 saturated carbocycles. The Balaban J connectivity index is 1.95. The highest BCUT2D eigenvalue weighted by Crippen LogP contribution is 2.17. The number of aromatic hydroxyl groups is 1. The molecular weight excluding hydrogens is 254 g/mol. The summed E-state index contributed by atoms with van der Waals surface area (Å²) in [6.07, 6.45) is 2.45. The second-order valence-corrected chi connectivity index (χ2v) is 5.46. The SMILES string of the molecule is CC(C)CCc1noc([C@@H](N)Cc2ccc(O)cc2)n1. The van der Waals surface area contributed by atoms with Crippen LogP contribution in [0.3, 0.4) is 0 Å². The van der Waals surface area contributed by atoms with Crippen LogP contribution in [-0.2, 0) is 12.8 Å². The highest BCUT2D eigenvalue weighted by molar-refractivity contribution is 5.26. The van der Waals surface area contributed by atoms with Crippen molar-refractivity contribution in [1.29, 1.82) is 0 Å². The van der Waals surface area contributed by atoms with Crippen molar-refractivity contribution in [2.24, 2.45) is 11.7 Å². The van der Waals surface area contributed by atoms with E-state index in [0.29, 0.717) is 18.2 Å². The van der Waals surface area contributed by atoms with E-state index in [1.807, 2.05) is 12.1 Å². The van der Waals surface area contributed by atoms with Gasteiger partial charge in [0.25, 0.3) is 0 Å². The molecule has 20 heavy (non-hydrogen) atoms. The van der Waals surface area contributed by atoms with E-state index in [0.717, 1.165) is 24.2 Å². The molecule has 0 radical (unpaired) electrons. The average Bonchev–Trinajstić information content (AvgIpc) is 2.88. The molecule has 0 aliphatic carbocycles. The van der Waals surface area contributed by atoms with Crippen molar-refractivity contribution in [1.82, 2.24) is 10.1 Å². The summed E-state index contributed by atoms with van der Waals surface area (Å²) in [6, 6.07) is 6.64. The van der Waals surface area contributed by atoms with Crippen molar-refractivity contribution in [3.63, 3.8) is 0 Å². The standard InChI is InChI=1S/C15H21N3O2/c1-10(2)3-8-14-17-15(20-18-14)13(16)9-11-4-6-12(19)7-5-11/h4-7,10,13,19H,3,8-9,16H2,1-2H3/t13-/m0/s1. The molecule has 1 aromatic carbocycles. The maximum absolute atomic E-state index is 9.24. The van der Waals surface area contributed by atoms with E-state index >= 15 is 0 Å². The second kappa shape index (κ2) is 6.52. The molecule has 108 valence electrons. The topological polar surface area (TPSA) is 85.2 Å². The van der Waals surface area contributed by atoms with E-state index < -0.39 is 0 Å². The Morgan fingerprint density at radius 3 is 2.60 bits per heavy atom. The molecule has 0 spiro atoms. The van der Waals surface area contributed by atoms with Gasteiger partial charge in [0.1, 0.15) is 5.75 Å². The van der Waals surface area contributed by atoms with Gasteiger partial charge in [-0.2, -0.15) is 4.98 Å². The Bertz CT molecular complexity index is 534. The van der Waals surface area contributed by atoms with Crippen LogP contribution >= 0.6 is 0 Å². The van der Waals surface area contributed by atoms with E-state index in [1.165, 1.54) is 0 Å². The lowest BCUT2D eigenvalue weighted by atomic mass is 10.1. The number of aryl methyl sites for hydroxylation is 1. The van der Waals surface area contributed by atoms with E-state index in [1.54, 1.807) is 12.1 Å². The Labute approximate surface area is 118 Å². The highest BCUT2D eigenvalue weighted by Gasteiger charge is 2.15. The molecular formula is C15H21N3O2. The Hall–Kier alpha value is -1.88. The molecule has 0 bridgehead atoms. The lowest BCUT2D eigenvalue weighted by Crippen LogP contribution is -2.13. The molecule has 0 aliphatic heterocycles. The summed E-state index contributed by atoms with van der Waals surface area (Å²) in [6.45, 7) is 4.33. The van der Waals surface area contributed by atoms with Crippen LogP contribution in [0.4, 0.5) is 0 Å². The van der Waals surface area contributed by atoms with Crippen LogP contribution in [-0.4, -0.2) is 15.2 Å². The van der Waals surface area contributed by atoms with Crippen molar-refractivity contribution in [2.75, 3.05) is 0 Å². The zero-order chi connectivity index (χ0) is 14.5. The quantitative estimate of drug-likeness (QED) is 0.846. The minimum atomic E-state index is -0.320. The average molecular weight is 275 g/mol. The number of hydrogen-bond donors (Lipinski definition) is 2. The zero-order valence-corrected chi connectivity index (χ0v) is 11.9.